The maximum absolute atomic E-state index is 12.9. The normalized spacial score (nSPS) is 19.6. The van der Waals surface area contributed by atoms with E-state index in [1.165, 1.54) is 21.6 Å². The van der Waals surface area contributed by atoms with Crippen LogP contribution in [0.1, 0.15) is 35.6 Å². The van der Waals surface area contributed by atoms with Gasteiger partial charge in [0.15, 0.2) is 0 Å². The first-order chi connectivity index (χ1) is 13.7. The lowest BCUT2D eigenvalue weighted by Crippen LogP contribution is -2.43. The van der Waals surface area contributed by atoms with Gasteiger partial charge in [0.2, 0.25) is 5.91 Å². The third-order valence-corrected chi connectivity index (χ3v) is 6.64. The van der Waals surface area contributed by atoms with E-state index in [2.05, 4.69) is 72.5 Å². The van der Waals surface area contributed by atoms with Crippen LogP contribution < -0.4 is 0 Å². The van der Waals surface area contributed by atoms with Crippen molar-refractivity contribution < 1.29 is 4.79 Å². The number of rotatable bonds is 5. The monoisotopic (exact) mass is 387 g/mol. The Morgan fingerprint density at radius 2 is 1.54 bits per heavy atom. The molecule has 1 heterocycles. The molecule has 0 radical (unpaired) electrons. The molecule has 142 valence electrons. The van der Waals surface area contributed by atoms with Crippen molar-refractivity contribution in [3.05, 3.63) is 102 Å². The number of hydrogen-bond donors (Lipinski definition) is 0. The molecule has 2 atom stereocenters. The van der Waals surface area contributed by atoms with Crippen LogP contribution in [0.3, 0.4) is 0 Å². The van der Waals surface area contributed by atoms with Gasteiger partial charge in [0.05, 0.1) is 6.04 Å². The molecule has 2 nitrogen and oxygen atoms in total. The molecule has 0 aromatic heterocycles. The quantitative estimate of drug-likeness (QED) is 0.533. The van der Waals surface area contributed by atoms with E-state index in [0.29, 0.717) is 18.2 Å². The van der Waals surface area contributed by atoms with Crippen LogP contribution in [0.25, 0.3) is 0 Å². The Morgan fingerprint density at radius 3 is 2.21 bits per heavy atom. The summed E-state index contributed by atoms with van der Waals surface area (Å²) >= 11 is 1.90. The van der Waals surface area contributed by atoms with E-state index in [4.69, 9.17) is 0 Å². The summed E-state index contributed by atoms with van der Waals surface area (Å²) in [5.74, 6) is 0.249. The molecule has 3 heteroatoms. The van der Waals surface area contributed by atoms with Gasteiger partial charge in [-0.25, -0.2) is 0 Å². The van der Waals surface area contributed by atoms with Gasteiger partial charge in [-0.1, -0.05) is 78.4 Å². The van der Waals surface area contributed by atoms with E-state index in [1.54, 1.807) is 0 Å². The molecule has 1 aliphatic heterocycles. The topological polar surface area (TPSA) is 20.3 Å². The number of nitrogens with zero attached hydrogens (tertiary/aromatic N) is 1. The van der Waals surface area contributed by atoms with Crippen molar-refractivity contribution in [2.75, 3.05) is 0 Å². The first-order valence-electron chi connectivity index (χ1n) is 9.82. The predicted octanol–water partition coefficient (Wildman–Crippen LogP) is 6.02. The van der Waals surface area contributed by atoms with Crippen molar-refractivity contribution in [3.63, 3.8) is 0 Å². The molecule has 4 rings (SSSR count). The average molecular weight is 388 g/mol. The second-order valence-electron chi connectivity index (χ2n) is 7.37. The zero-order valence-corrected chi connectivity index (χ0v) is 16.9. The minimum Gasteiger partial charge on any atom is -0.330 e. The summed E-state index contributed by atoms with van der Waals surface area (Å²) in [6.07, 6.45) is 1.52. The van der Waals surface area contributed by atoms with Crippen LogP contribution in [0.4, 0.5) is 0 Å². The van der Waals surface area contributed by atoms with Gasteiger partial charge >= 0.3 is 0 Å². The van der Waals surface area contributed by atoms with Gasteiger partial charge in [-0.2, -0.15) is 0 Å². The van der Waals surface area contributed by atoms with Crippen molar-refractivity contribution >= 4 is 17.7 Å². The largest absolute Gasteiger partial charge is 0.330 e. The van der Waals surface area contributed by atoms with Gasteiger partial charge in [-0.15, -0.1) is 11.8 Å². The summed E-state index contributed by atoms with van der Waals surface area (Å²) < 4.78 is 0. The fourth-order valence-corrected chi connectivity index (χ4v) is 5.16. The Kier molecular flexibility index (Phi) is 5.82. The van der Waals surface area contributed by atoms with Crippen molar-refractivity contribution in [1.29, 1.82) is 0 Å². The van der Waals surface area contributed by atoms with E-state index >= 15 is 0 Å². The number of carbonyl (C=O) groups is 1. The Morgan fingerprint density at radius 1 is 0.893 bits per heavy atom. The first-order valence-corrected chi connectivity index (χ1v) is 10.7. The summed E-state index contributed by atoms with van der Waals surface area (Å²) in [6, 6.07) is 29.6. The number of carbonyl (C=O) groups excluding carboxylic acids is 1. The predicted molar refractivity (Wildman–Crippen MR) is 116 cm³/mol. The van der Waals surface area contributed by atoms with E-state index in [-0.39, 0.29) is 11.9 Å². The highest BCUT2D eigenvalue weighted by Gasteiger charge is 2.37. The van der Waals surface area contributed by atoms with Crippen molar-refractivity contribution in [1.82, 2.24) is 4.90 Å². The Hall–Kier alpha value is -2.52. The number of hydrogen-bond acceptors (Lipinski definition) is 2. The second-order valence-corrected chi connectivity index (χ2v) is 8.68. The lowest BCUT2D eigenvalue weighted by atomic mass is 9.93. The van der Waals surface area contributed by atoms with Crippen LogP contribution in [0.2, 0.25) is 0 Å². The van der Waals surface area contributed by atoms with Crippen LogP contribution in [0, 0.1) is 6.92 Å². The molecule has 0 aliphatic carbocycles. The van der Waals surface area contributed by atoms with Gasteiger partial charge in [0.25, 0.3) is 0 Å². The van der Waals surface area contributed by atoms with Crippen LogP contribution in [-0.2, 0) is 11.3 Å². The second kappa shape index (κ2) is 8.66. The number of likely N-dealkylation sites (tertiary alicyclic amines) is 1. The molecule has 3 aromatic rings. The van der Waals surface area contributed by atoms with Gasteiger partial charge < -0.3 is 4.90 Å². The third-order valence-electron chi connectivity index (χ3n) is 5.30. The minimum atomic E-state index is 0.0777. The van der Waals surface area contributed by atoms with Crippen LogP contribution in [-0.4, -0.2) is 16.1 Å². The first kappa shape index (κ1) is 18.8. The van der Waals surface area contributed by atoms with Crippen molar-refractivity contribution in [3.8, 4) is 0 Å². The number of benzene rings is 3. The Bertz CT molecular complexity index is 908. The van der Waals surface area contributed by atoms with Crippen LogP contribution in [0.5, 0.6) is 0 Å². The smallest absolute Gasteiger partial charge is 0.223 e. The van der Waals surface area contributed by atoms with E-state index in [1.807, 2.05) is 36.0 Å². The molecule has 0 bridgehead atoms. The number of aryl methyl sites for hydroxylation is 1. The van der Waals surface area contributed by atoms with Gasteiger partial charge in [-0.05, 0) is 36.6 Å². The maximum Gasteiger partial charge on any atom is 0.223 e. The molecule has 0 saturated carbocycles. The summed E-state index contributed by atoms with van der Waals surface area (Å²) in [5, 5.41) is 0.339. The fraction of sp³-hybridized carbons (Fsp3) is 0.240. The standard InChI is InChI=1S/C25H25NOS/c1-19-12-14-22(15-13-19)28-23-16-17-24(27)26(18-20-8-4-2-5-9-20)25(23)21-10-6-3-7-11-21/h2-15,23,25H,16-18H2,1H3. The summed E-state index contributed by atoms with van der Waals surface area (Å²) in [6.45, 7) is 2.77. The average Bonchev–Trinajstić information content (AvgIpc) is 2.73. The molecule has 1 saturated heterocycles. The molecule has 1 aliphatic rings. The molecular weight excluding hydrogens is 362 g/mol. The molecule has 0 N–H and O–H groups in total. The number of amides is 1. The summed E-state index contributed by atoms with van der Waals surface area (Å²) in [5.41, 5.74) is 3.67. The minimum absolute atomic E-state index is 0.0777. The summed E-state index contributed by atoms with van der Waals surface area (Å²) in [4.78, 5) is 16.3. The van der Waals surface area contributed by atoms with Gasteiger partial charge in [0.1, 0.15) is 0 Å². The highest BCUT2D eigenvalue weighted by molar-refractivity contribution is 8.00. The van der Waals surface area contributed by atoms with E-state index in [9.17, 15) is 4.79 Å². The molecule has 0 spiro atoms. The fourth-order valence-electron chi connectivity index (χ4n) is 3.85. The molecule has 1 fully saturated rings. The Labute approximate surface area is 171 Å². The molecule has 1 amide bonds. The zero-order valence-electron chi connectivity index (χ0n) is 16.1. The number of thioether (sulfide) groups is 1. The number of piperidine rings is 1. The molecular formula is C25H25NOS. The third kappa shape index (κ3) is 4.31. The highest BCUT2D eigenvalue weighted by Crippen LogP contribution is 2.42. The maximum atomic E-state index is 12.9. The lowest BCUT2D eigenvalue weighted by Gasteiger charge is -2.41. The van der Waals surface area contributed by atoms with Crippen molar-refractivity contribution in [2.45, 2.75) is 42.5 Å². The lowest BCUT2D eigenvalue weighted by molar-refractivity contribution is -0.137. The van der Waals surface area contributed by atoms with Crippen molar-refractivity contribution in [2.24, 2.45) is 0 Å². The highest BCUT2D eigenvalue weighted by atomic mass is 32.2. The van der Waals surface area contributed by atoms with Crippen LogP contribution in [0.15, 0.2) is 89.8 Å². The summed E-state index contributed by atoms with van der Waals surface area (Å²) in [7, 11) is 0. The molecule has 2 unspecified atom stereocenters. The van der Waals surface area contributed by atoms with E-state index < -0.39 is 0 Å². The SMILES string of the molecule is Cc1ccc(SC2CCC(=O)N(Cc3ccccc3)C2c2ccccc2)cc1. The van der Waals surface area contributed by atoms with E-state index in [0.717, 1.165) is 6.42 Å². The van der Waals surface area contributed by atoms with Gasteiger partial charge in [0, 0.05) is 23.1 Å². The van der Waals surface area contributed by atoms with Crippen LogP contribution >= 0.6 is 11.8 Å². The zero-order chi connectivity index (χ0) is 19.3. The molecule has 28 heavy (non-hydrogen) atoms. The Balaban J connectivity index is 1.66. The molecule has 3 aromatic carbocycles. The van der Waals surface area contributed by atoms with Gasteiger partial charge in [-0.3, -0.25) is 4.79 Å².